The molecule has 0 fully saturated rings. The van der Waals surface area contributed by atoms with Gasteiger partial charge in [-0.05, 0) is 31.9 Å². The average molecular weight is 138 g/mol. The van der Waals surface area contributed by atoms with Crippen molar-refractivity contribution in [1.82, 2.24) is 0 Å². The second-order valence-electron chi connectivity index (χ2n) is 2.29. The Kier molecular flexibility index (Phi) is 6.02. The van der Waals surface area contributed by atoms with Gasteiger partial charge in [-0.25, -0.2) is 0 Å². The second kappa shape index (κ2) is 5.04. The van der Waals surface area contributed by atoms with E-state index < -0.39 is 0 Å². The van der Waals surface area contributed by atoms with Crippen LogP contribution in [0.15, 0.2) is 36.0 Å². The normalized spacial score (nSPS) is 11.1. The molecule has 0 spiro atoms. The van der Waals surface area contributed by atoms with Gasteiger partial charge in [-0.2, -0.15) is 0 Å². The molecule has 0 rings (SSSR count). The molecule has 0 bridgehead atoms. The first-order chi connectivity index (χ1) is 4.09. The largest absolute Gasteiger partial charge is 0.0988 e. The third kappa shape index (κ3) is 3.29. The lowest BCUT2D eigenvalue weighted by Gasteiger charge is -2.00. The van der Waals surface area contributed by atoms with E-state index in [0.29, 0.717) is 0 Å². The van der Waals surface area contributed by atoms with Crippen molar-refractivity contribution in [3.8, 4) is 0 Å². The Morgan fingerprint density at radius 1 is 1.20 bits per heavy atom. The molecular weight excluding hydrogens is 120 g/mol. The molecule has 0 heterocycles. The van der Waals surface area contributed by atoms with Crippen molar-refractivity contribution in [2.75, 3.05) is 0 Å². The van der Waals surface area contributed by atoms with Gasteiger partial charge in [0.2, 0.25) is 0 Å². The highest BCUT2D eigenvalue weighted by Crippen LogP contribution is 2.11. The van der Waals surface area contributed by atoms with Gasteiger partial charge in [-0.3, -0.25) is 0 Å². The first-order valence-electron chi connectivity index (χ1n) is 3.05. The molecule has 58 valence electrons. The van der Waals surface area contributed by atoms with E-state index in [1.165, 1.54) is 11.1 Å². The van der Waals surface area contributed by atoms with Crippen LogP contribution >= 0.6 is 0 Å². The van der Waals surface area contributed by atoms with Crippen molar-refractivity contribution < 1.29 is 0 Å². The summed E-state index contributed by atoms with van der Waals surface area (Å²) < 4.78 is 0. The van der Waals surface area contributed by atoms with Crippen LogP contribution in [0.2, 0.25) is 0 Å². The lowest BCUT2D eigenvalue weighted by atomic mass is 10.1. The van der Waals surface area contributed by atoms with Gasteiger partial charge in [0.1, 0.15) is 0 Å². The molecule has 0 saturated heterocycles. The zero-order chi connectivity index (χ0) is 7.44. The molecule has 0 aliphatic rings. The summed E-state index contributed by atoms with van der Waals surface area (Å²) in [6.45, 7) is 13.6. The quantitative estimate of drug-likeness (QED) is 0.510. The molecule has 0 unspecified atom stereocenters. The van der Waals surface area contributed by atoms with E-state index in [1.54, 1.807) is 0 Å². The fourth-order valence-corrected chi connectivity index (χ4v) is 0.490. The molecule has 0 amide bonds. The van der Waals surface area contributed by atoms with Gasteiger partial charge in [0.05, 0.1) is 0 Å². The summed E-state index contributed by atoms with van der Waals surface area (Å²) >= 11 is 0. The zero-order valence-corrected chi connectivity index (χ0v) is 6.49. The number of allylic oxidation sites excluding steroid dienone is 4. The van der Waals surface area contributed by atoms with Gasteiger partial charge in [0.15, 0.2) is 0 Å². The first kappa shape index (κ1) is 12.0. The van der Waals surface area contributed by atoms with Gasteiger partial charge in [0.25, 0.3) is 0 Å². The lowest BCUT2D eigenvalue weighted by molar-refractivity contribution is 1.29. The van der Waals surface area contributed by atoms with Crippen molar-refractivity contribution in [2.45, 2.75) is 28.2 Å². The Labute approximate surface area is 65.0 Å². The SMILES string of the molecule is C.C=C/C(C)=C(/C)C(=C)C. The molecule has 0 aromatic carbocycles. The molecule has 0 N–H and O–H groups in total. The second-order valence-corrected chi connectivity index (χ2v) is 2.29. The maximum atomic E-state index is 3.82. The summed E-state index contributed by atoms with van der Waals surface area (Å²) in [5.41, 5.74) is 3.57. The van der Waals surface area contributed by atoms with E-state index in [2.05, 4.69) is 20.1 Å². The van der Waals surface area contributed by atoms with Crippen molar-refractivity contribution in [2.24, 2.45) is 0 Å². The summed E-state index contributed by atoms with van der Waals surface area (Å²) in [7, 11) is 0. The Morgan fingerprint density at radius 3 is 1.70 bits per heavy atom. The average Bonchev–Trinajstić information content (AvgIpc) is 1.84. The Hall–Kier alpha value is -0.780. The smallest absolute Gasteiger partial charge is 0.0393 e. The summed E-state index contributed by atoms with van der Waals surface area (Å²) in [6.07, 6.45) is 1.85. The van der Waals surface area contributed by atoms with Crippen molar-refractivity contribution >= 4 is 0 Å². The van der Waals surface area contributed by atoms with Crippen LogP contribution in [0.4, 0.5) is 0 Å². The molecular formula is C10H18. The maximum Gasteiger partial charge on any atom is -0.0393 e. The molecule has 0 aliphatic carbocycles. The maximum absolute atomic E-state index is 3.82. The number of hydrogen-bond donors (Lipinski definition) is 0. The van der Waals surface area contributed by atoms with Gasteiger partial charge in [-0.15, -0.1) is 0 Å². The predicted octanol–water partition coefficient (Wildman–Crippen LogP) is 3.72. The highest BCUT2D eigenvalue weighted by atomic mass is 14.0. The van der Waals surface area contributed by atoms with Crippen LogP contribution in [0.25, 0.3) is 0 Å². The van der Waals surface area contributed by atoms with Gasteiger partial charge in [-0.1, -0.05) is 32.2 Å². The van der Waals surface area contributed by atoms with E-state index in [9.17, 15) is 0 Å². The Balaban J connectivity index is 0. The van der Waals surface area contributed by atoms with Crippen LogP contribution < -0.4 is 0 Å². The minimum Gasteiger partial charge on any atom is -0.0988 e. The van der Waals surface area contributed by atoms with E-state index >= 15 is 0 Å². The summed E-state index contributed by atoms with van der Waals surface area (Å²) in [5.74, 6) is 0. The van der Waals surface area contributed by atoms with E-state index in [0.717, 1.165) is 5.57 Å². The molecule has 0 aliphatic heterocycles. The molecule has 10 heavy (non-hydrogen) atoms. The highest BCUT2D eigenvalue weighted by molar-refractivity contribution is 5.33. The van der Waals surface area contributed by atoms with E-state index in [-0.39, 0.29) is 7.43 Å². The number of hydrogen-bond acceptors (Lipinski definition) is 0. The molecule has 0 atom stereocenters. The molecule has 0 heteroatoms. The zero-order valence-electron chi connectivity index (χ0n) is 6.49. The topological polar surface area (TPSA) is 0 Å². The predicted molar refractivity (Wildman–Crippen MR) is 50.1 cm³/mol. The van der Waals surface area contributed by atoms with E-state index in [1.807, 2.05) is 19.9 Å². The first-order valence-corrected chi connectivity index (χ1v) is 3.05. The van der Waals surface area contributed by atoms with Crippen LogP contribution in [0.3, 0.4) is 0 Å². The third-order valence-electron chi connectivity index (χ3n) is 1.54. The standard InChI is InChI=1S/C9H14.CH4/c1-6-8(4)9(5)7(2)3;/h6H,1-2H2,3-5H3;1H4/b9-8-;. The summed E-state index contributed by atoms with van der Waals surface area (Å²) in [6, 6.07) is 0. The summed E-state index contributed by atoms with van der Waals surface area (Å²) in [4.78, 5) is 0. The van der Waals surface area contributed by atoms with E-state index in [4.69, 9.17) is 0 Å². The minimum atomic E-state index is 0. The highest BCUT2D eigenvalue weighted by Gasteiger charge is 1.90. The van der Waals surface area contributed by atoms with Crippen LogP contribution in [0.1, 0.15) is 28.2 Å². The van der Waals surface area contributed by atoms with Crippen LogP contribution in [0.5, 0.6) is 0 Å². The third-order valence-corrected chi connectivity index (χ3v) is 1.54. The van der Waals surface area contributed by atoms with Crippen molar-refractivity contribution in [3.63, 3.8) is 0 Å². The van der Waals surface area contributed by atoms with Crippen LogP contribution in [-0.2, 0) is 0 Å². The van der Waals surface area contributed by atoms with Crippen molar-refractivity contribution in [1.29, 1.82) is 0 Å². The number of rotatable bonds is 2. The monoisotopic (exact) mass is 138 g/mol. The van der Waals surface area contributed by atoms with Gasteiger partial charge >= 0.3 is 0 Å². The van der Waals surface area contributed by atoms with Crippen LogP contribution in [0, 0.1) is 0 Å². The Morgan fingerprint density at radius 2 is 1.60 bits per heavy atom. The fourth-order valence-electron chi connectivity index (χ4n) is 0.490. The molecule has 0 radical (unpaired) electrons. The Bertz CT molecular complexity index is 159. The van der Waals surface area contributed by atoms with Gasteiger partial charge < -0.3 is 0 Å². The molecule has 0 saturated carbocycles. The lowest BCUT2D eigenvalue weighted by Crippen LogP contribution is -1.80. The molecule has 0 aromatic heterocycles. The van der Waals surface area contributed by atoms with Crippen LogP contribution in [-0.4, -0.2) is 0 Å². The van der Waals surface area contributed by atoms with Crippen molar-refractivity contribution in [3.05, 3.63) is 36.0 Å². The molecule has 0 nitrogen and oxygen atoms in total. The minimum absolute atomic E-state index is 0. The molecule has 0 aromatic rings. The summed E-state index contributed by atoms with van der Waals surface area (Å²) in [5, 5.41) is 0. The fraction of sp³-hybridized carbons (Fsp3) is 0.400. The van der Waals surface area contributed by atoms with Gasteiger partial charge in [0, 0.05) is 0 Å².